The summed E-state index contributed by atoms with van der Waals surface area (Å²) in [6.45, 7) is 4.30. The summed E-state index contributed by atoms with van der Waals surface area (Å²) in [5, 5.41) is 13.7. The Morgan fingerprint density at radius 2 is 2.19 bits per heavy atom. The Kier molecular flexibility index (Phi) is 5.51. The van der Waals surface area contributed by atoms with Crippen molar-refractivity contribution in [3.63, 3.8) is 0 Å². The standard InChI is InChI=1S/C14H19N3O4/c1-2-3-8-20-9-4-7-15-14-16-12-6-5-11(17(18)19)10-13(12)21-14/h5-6,10H,2-4,7-9H2,1H3,(H,15,16). The van der Waals surface area contributed by atoms with Crippen LogP contribution in [0.1, 0.15) is 26.2 Å². The lowest BCUT2D eigenvalue weighted by Crippen LogP contribution is -2.06. The van der Waals surface area contributed by atoms with Crippen molar-refractivity contribution in [3.8, 4) is 0 Å². The van der Waals surface area contributed by atoms with E-state index in [2.05, 4.69) is 17.2 Å². The summed E-state index contributed by atoms with van der Waals surface area (Å²) >= 11 is 0. The molecule has 7 nitrogen and oxygen atoms in total. The quantitative estimate of drug-likeness (QED) is 0.433. The molecule has 2 rings (SSSR count). The van der Waals surface area contributed by atoms with Crippen LogP contribution >= 0.6 is 0 Å². The van der Waals surface area contributed by atoms with Gasteiger partial charge < -0.3 is 14.5 Å². The predicted molar refractivity (Wildman–Crippen MR) is 79.5 cm³/mol. The molecule has 0 aliphatic heterocycles. The summed E-state index contributed by atoms with van der Waals surface area (Å²) < 4.78 is 10.9. The van der Waals surface area contributed by atoms with Gasteiger partial charge in [0.15, 0.2) is 5.58 Å². The van der Waals surface area contributed by atoms with E-state index in [4.69, 9.17) is 9.15 Å². The fourth-order valence-electron chi connectivity index (χ4n) is 1.82. The number of nitro benzene ring substituents is 1. The number of nitrogens with one attached hydrogen (secondary N) is 1. The van der Waals surface area contributed by atoms with Crippen LogP contribution < -0.4 is 5.32 Å². The maximum Gasteiger partial charge on any atom is 0.295 e. The molecule has 21 heavy (non-hydrogen) atoms. The molecule has 1 aromatic carbocycles. The van der Waals surface area contributed by atoms with Crippen LogP contribution in [0.25, 0.3) is 11.1 Å². The van der Waals surface area contributed by atoms with E-state index < -0.39 is 4.92 Å². The maximum atomic E-state index is 10.7. The summed E-state index contributed by atoms with van der Waals surface area (Å²) in [6, 6.07) is 4.74. The molecular weight excluding hydrogens is 274 g/mol. The van der Waals surface area contributed by atoms with E-state index in [-0.39, 0.29) is 5.69 Å². The third-order valence-electron chi connectivity index (χ3n) is 2.97. The van der Waals surface area contributed by atoms with Crippen molar-refractivity contribution in [3.05, 3.63) is 28.3 Å². The first kappa shape index (κ1) is 15.2. The van der Waals surface area contributed by atoms with Gasteiger partial charge in [-0.2, -0.15) is 4.98 Å². The lowest BCUT2D eigenvalue weighted by Gasteiger charge is -2.03. The number of benzene rings is 1. The van der Waals surface area contributed by atoms with Gasteiger partial charge in [-0.15, -0.1) is 0 Å². The van der Waals surface area contributed by atoms with Gasteiger partial charge in [-0.1, -0.05) is 13.3 Å². The Bertz CT molecular complexity index is 597. The van der Waals surface area contributed by atoms with Crippen molar-refractivity contribution in [1.82, 2.24) is 4.98 Å². The molecule has 0 aliphatic carbocycles. The summed E-state index contributed by atoms with van der Waals surface area (Å²) in [6.07, 6.45) is 3.06. The molecule has 0 aliphatic rings. The van der Waals surface area contributed by atoms with E-state index in [0.29, 0.717) is 30.3 Å². The SMILES string of the molecule is CCCCOCCCNc1nc2ccc([N+](=O)[O-])cc2o1. The zero-order chi connectivity index (χ0) is 15.1. The Morgan fingerprint density at radius 3 is 2.95 bits per heavy atom. The number of aromatic nitrogens is 1. The number of anilines is 1. The number of nitrogens with zero attached hydrogens (tertiary/aromatic N) is 2. The number of fused-ring (bicyclic) bond motifs is 1. The van der Waals surface area contributed by atoms with Gasteiger partial charge in [-0.25, -0.2) is 0 Å². The number of oxazole rings is 1. The van der Waals surface area contributed by atoms with Crippen LogP contribution in [0.2, 0.25) is 0 Å². The minimum absolute atomic E-state index is 0.00507. The number of nitro groups is 1. The molecule has 0 fully saturated rings. The average Bonchev–Trinajstić information content (AvgIpc) is 2.88. The normalized spacial score (nSPS) is 10.9. The van der Waals surface area contributed by atoms with Crippen LogP contribution in [0, 0.1) is 10.1 Å². The highest BCUT2D eigenvalue weighted by molar-refractivity contribution is 5.77. The molecule has 0 bridgehead atoms. The maximum absolute atomic E-state index is 10.7. The summed E-state index contributed by atoms with van der Waals surface area (Å²) in [5.41, 5.74) is 1.00. The predicted octanol–water partition coefficient (Wildman–Crippen LogP) is 3.35. The summed E-state index contributed by atoms with van der Waals surface area (Å²) in [5.74, 6) is 0. The van der Waals surface area contributed by atoms with Crippen molar-refractivity contribution in [2.75, 3.05) is 25.1 Å². The van der Waals surface area contributed by atoms with Gasteiger partial charge in [0.05, 0.1) is 11.0 Å². The molecule has 2 aromatic rings. The van der Waals surface area contributed by atoms with Gasteiger partial charge in [-0.05, 0) is 18.9 Å². The molecule has 0 atom stereocenters. The first-order valence-corrected chi connectivity index (χ1v) is 7.07. The summed E-state index contributed by atoms with van der Waals surface area (Å²) in [7, 11) is 0. The van der Waals surface area contributed by atoms with Crippen molar-refractivity contribution >= 4 is 22.8 Å². The third-order valence-corrected chi connectivity index (χ3v) is 2.97. The van der Waals surface area contributed by atoms with Gasteiger partial charge in [-0.3, -0.25) is 10.1 Å². The molecule has 0 radical (unpaired) electrons. The highest BCUT2D eigenvalue weighted by Crippen LogP contribution is 2.23. The third kappa shape index (κ3) is 4.42. The van der Waals surface area contributed by atoms with Crippen molar-refractivity contribution in [1.29, 1.82) is 0 Å². The van der Waals surface area contributed by atoms with E-state index in [1.54, 1.807) is 6.07 Å². The van der Waals surface area contributed by atoms with Crippen molar-refractivity contribution < 1.29 is 14.1 Å². The number of hydrogen-bond donors (Lipinski definition) is 1. The largest absolute Gasteiger partial charge is 0.423 e. The Labute approximate surface area is 122 Å². The van der Waals surface area contributed by atoms with E-state index in [1.807, 2.05) is 0 Å². The summed E-state index contributed by atoms with van der Waals surface area (Å²) in [4.78, 5) is 14.4. The van der Waals surface area contributed by atoms with Crippen molar-refractivity contribution in [2.24, 2.45) is 0 Å². The lowest BCUT2D eigenvalue weighted by molar-refractivity contribution is -0.384. The van der Waals surface area contributed by atoms with E-state index in [0.717, 1.165) is 25.9 Å². The Morgan fingerprint density at radius 1 is 1.38 bits per heavy atom. The fraction of sp³-hybridized carbons (Fsp3) is 0.500. The van der Waals surface area contributed by atoms with Gasteiger partial charge in [0, 0.05) is 25.8 Å². The highest BCUT2D eigenvalue weighted by atomic mass is 16.6. The monoisotopic (exact) mass is 293 g/mol. The average molecular weight is 293 g/mol. The molecule has 0 amide bonds. The molecular formula is C14H19N3O4. The second-order valence-corrected chi connectivity index (χ2v) is 4.67. The van der Waals surface area contributed by atoms with Crippen molar-refractivity contribution in [2.45, 2.75) is 26.2 Å². The first-order chi connectivity index (χ1) is 10.2. The number of ether oxygens (including phenoxy) is 1. The Hall–Kier alpha value is -2.15. The zero-order valence-corrected chi connectivity index (χ0v) is 12.0. The molecule has 114 valence electrons. The molecule has 1 heterocycles. The van der Waals surface area contributed by atoms with Crippen LogP contribution in [0.4, 0.5) is 11.7 Å². The van der Waals surface area contributed by atoms with Gasteiger partial charge in [0.25, 0.3) is 11.7 Å². The Balaban J connectivity index is 1.81. The second-order valence-electron chi connectivity index (χ2n) is 4.67. The van der Waals surface area contributed by atoms with E-state index in [9.17, 15) is 10.1 Å². The number of unbranched alkanes of at least 4 members (excludes halogenated alkanes) is 1. The molecule has 0 spiro atoms. The molecule has 1 aromatic heterocycles. The molecule has 1 N–H and O–H groups in total. The van der Waals surface area contributed by atoms with Crippen LogP contribution in [0.3, 0.4) is 0 Å². The fourth-order valence-corrected chi connectivity index (χ4v) is 1.82. The van der Waals surface area contributed by atoms with Gasteiger partial charge in [0.1, 0.15) is 5.52 Å². The second kappa shape index (κ2) is 7.58. The van der Waals surface area contributed by atoms with Gasteiger partial charge in [0.2, 0.25) is 0 Å². The van der Waals surface area contributed by atoms with E-state index >= 15 is 0 Å². The highest BCUT2D eigenvalue weighted by Gasteiger charge is 2.11. The minimum atomic E-state index is -0.456. The smallest absolute Gasteiger partial charge is 0.295 e. The molecule has 0 saturated carbocycles. The number of hydrogen-bond acceptors (Lipinski definition) is 6. The minimum Gasteiger partial charge on any atom is -0.423 e. The molecule has 0 saturated heterocycles. The topological polar surface area (TPSA) is 90.4 Å². The van der Waals surface area contributed by atoms with Crippen LogP contribution in [-0.2, 0) is 4.74 Å². The van der Waals surface area contributed by atoms with Crippen LogP contribution in [0.15, 0.2) is 22.6 Å². The lowest BCUT2D eigenvalue weighted by atomic mass is 10.3. The number of non-ortho nitro benzene ring substituents is 1. The first-order valence-electron chi connectivity index (χ1n) is 7.07. The molecule has 0 unspecified atom stereocenters. The zero-order valence-electron chi connectivity index (χ0n) is 12.0. The van der Waals surface area contributed by atoms with E-state index in [1.165, 1.54) is 12.1 Å². The van der Waals surface area contributed by atoms with Crippen LogP contribution in [0.5, 0.6) is 0 Å². The number of rotatable bonds is 9. The van der Waals surface area contributed by atoms with Crippen LogP contribution in [-0.4, -0.2) is 29.7 Å². The molecule has 7 heteroatoms. The van der Waals surface area contributed by atoms with Gasteiger partial charge >= 0.3 is 0 Å².